The fourth-order valence-electron chi connectivity index (χ4n) is 3.13. The van der Waals surface area contributed by atoms with Crippen LogP contribution >= 0.6 is 0 Å². The molecule has 2 amide bonds. The van der Waals surface area contributed by atoms with E-state index in [-0.39, 0.29) is 12.1 Å². The van der Waals surface area contributed by atoms with E-state index in [1.165, 1.54) is 5.56 Å². The Balaban J connectivity index is 1.65. The Kier molecular flexibility index (Phi) is 4.24. The van der Waals surface area contributed by atoms with Crippen molar-refractivity contribution in [2.24, 2.45) is 0 Å². The van der Waals surface area contributed by atoms with E-state index in [0.29, 0.717) is 6.61 Å². The molecule has 0 radical (unpaired) electrons. The van der Waals surface area contributed by atoms with Gasteiger partial charge in [0.2, 0.25) is 0 Å². The van der Waals surface area contributed by atoms with Crippen LogP contribution in [0.15, 0.2) is 36.4 Å². The lowest BCUT2D eigenvalue weighted by atomic mass is 10.0. The molecule has 23 heavy (non-hydrogen) atoms. The SMILES string of the molecule is Cc1cc(C)c(NC(=O)NC2COc3ccccc3C2)c(C)c1. The van der Waals surface area contributed by atoms with Crippen LogP contribution in [0.1, 0.15) is 22.3 Å². The molecule has 0 aliphatic carbocycles. The second-order valence-corrected chi connectivity index (χ2v) is 6.19. The van der Waals surface area contributed by atoms with Gasteiger partial charge >= 0.3 is 6.03 Å². The van der Waals surface area contributed by atoms with Gasteiger partial charge in [-0.1, -0.05) is 35.9 Å². The van der Waals surface area contributed by atoms with Gasteiger partial charge in [0.05, 0.1) is 6.04 Å². The molecule has 1 atom stereocenters. The first-order valence-electron chi connectivity index (χ1n) is 7.89. The largest absolute Gasteiger partial charge is 0.491 e. The summed E-state index contributed by atoms with van der Waals surface area (Å²) in [5.74, 6) is 0.913. The molecule has 120 valence electrons. The Morgan fingerprint density at radius 1 is 1.13 bits per heavy atom. The van der Waals surface area contributed by atoms with Gasteiger partial charge in [-0.2, -0.15) is 0 Å². The first-order valence-corrected chi connectivity index (χ1v) is 7.89. The lowest BCUT2D eigenvalue weighted by Gasteiger charge is -2.26. The molecule has 0 saturated carbocycles. The van der Waals surface area contributed by atoms with Gasteiger partial charge in [-0.3, -0.25) is 0 Å². The van der Waals surface area contributed by atoms with Gasteiger partial charge in [-0.15, -0.1) is 0 Å². The Hall–Kier alpha value is -2.49. The predicted molar refractivity (Wildman–Crippen MR) is 92.2 cm³/mol. The van der Waals surface area contributed by atoms with Crippen LogP contribution in [-0.2, 0) is 6.42 Å². The summed E-state index contributed by atoms with van der Waals surface area (Å²) in [4.78, 5) is 12.3. The summed E-state index contributed by atoms with van der Waals surface area (Å²) < 4.78 is 5.71. The van der Waals surface area contributed by atoms with E-state index in [4.69, 9.17) is 4.74 Å². The molecule has 0 aromatic heterocycles. The fourth-order valence-corrected chi connectivity index (χ4v) is 3.13. The van der Waals surface area contributed by atoms with Crippen LogP contribution in [0.5, 0.6) is 5.75 Å². The van der Waals surface area contributed by atoms with Crippen LogP contribution in [-0.4, -0.2) is 18.7 Å². The molecule has 1 unspecified atom stereocenters. The number of fused-ring (bicyclic) bond motifs is 1. The van der Waals surface area contributed by atoms with Crippen LogP contribution in [0.2, 0.25) is 0 Å². The third kappa shape index (κ3) is 3.47. The zero-order valence-corrected chi connectivity index (χ0v) is 13.8. The number of urea groups is 1. The Morgan fingerprint density at radius 3 is 2.57 bits per heavy atom. The highest BCUT2D eigenvalue weighted by molar-refractivity contribution is 5.91. The predicted octanol–water partition coefficient (Wildman–Crippen LogP) is 3.74. The maximum atomic E-state index is 12.3. The van der Waals surface area contributed by atoms with Crippen LogP contribution in [0.25, 0.3) is 0 Å². The Labute approximate surface area is 136 Å². The number of hydrogen-bond donors (Lipinski definition) is 2. The number of benzene rings is 2. The number of anilines is 1. The summed E-state index contributed by atoms with van der Waals surface area (Å²) >= 11 is 0. The van der Waals surface area contributed by atoms with Gasteiger partial charge < -0.3 is 15.4 Å². The van der Waals surface area contributed by atoms with E-state index < -0.39 is 0 Å². The van der Waals surface area contributed by atoms with Gasteiger partial charge in [0.25, 0.3) is 0 Å². The topological polar surface area (TPSA) is 50.4 Å². The van der Waals surface area contributed by atoms with Crippen molar-refractivity contribution in [2.75, 3.05) is 11.9 Å². The zero-order chi connectivity index (χ0) is 16.4. The van der Waals surface area contributed by atoms with Gasteiger partial charge in [0, 0.05) is 5.69 Å². The van der Waals surface area contributed by atoms with E-state index in [1.807, 2.05) is 38.1 Å². The van der Waals surface area contributed by atoms with Gasteiger partial charge in [0.1, 0.15) is 12.4 Å². The van der Waals surface area contributed by atoms with Crippen molar-refractivity contribution in [1.29, 1.82) is 0 Å². The average molecular weight is 310 g/mol. The van der Waals surface area contributed by atoms with Crippen molar-refractivity contribution in [3.8, 4) is 5.75 Å². The minimum absolute atomic E-state index is 0.0176. The van der Waals surface area contributed by atoms with E-state index >= 15 is 0 Å². The highest BCUT2D eigenvalue weighted by atomic mass is 16.5. The first-order chi connectivity index (χ1) is 11.0. The number of aryl methyl sites for hydroxylation is 3. The minimum atomic E-state index is -0.187. The second-order valence-electron chi connectivity index (χ2n) is 6.19. The number of carbonyl (C=O) groups excluding carboxylic acids is 1. The van der Waals surface area contributed by atoms with Crippen LogP contribution in [0.4, 0.5) is 10.5 Å². The van der Waals surface area contributed by atoms with Gasteiger partial charge in [-0.05, 0) is 49.9 Å². The molecule has 2 aromatic carbocycles. The van der Waals surface area contributed by atoms with Crippen LogP contribution in [0.3, 0.4) is 0 Å². The first kappa shape index (κ1) is 15.4. The molecular weight excluding hydrogens is 288 g/mol. The molecular formula is C19H22N2O2. The summed E-state index contributed by atoms with van der Waals surface area (Å²) in [6.07, 6.45) is 0.787. The number of amides is 2. The molecule has 1 heterocycles. The quantitative estimate of drug-likeness (QED) is 0.888. The van der Waals surface area contributed by atoms with Crippen LogP contribution < -0.4 is 15.4 Å². The van der Waals surface area contributed by atoms with E-state index in [2.05, 4.69) is 29.7 Å². The van der Waals surface area contributed by atoms with Crippen LogP contribution in [0, 0.1) is 20.8 Å². The molecule has 4 nitrogen and oxygen atoms in total. The van der Waals surface area contributed by atoms with E-state index in [1.54, 1.807) is 0 Å². The van der Waals surface area contributed by atoms with Crippen molar-refractivity contribution in [2.45, 2.75) is 33.2 Å². The molecule has 2 aromatic rings. The third-order valence-corrected chi connectivity index (χ3v) is 4.13. The second kappa shape index (κ2) is 6.32. The number of nitrogens with one attached hydrogen (secondary N) is 2. The molecule has 0 bridgehead atoms. The Morgan fingerprint density at radius 2 is 1.83 bits per heavy atom. The van der Waals surface area contributed by atoms with Crippen molar-refractivity contribution in [1.82, 2.24) is 5.32 Å². The van der Waals surface area contributed by atoms with Crippen molar-refractivity contribution in [3.05, 3.63) is 58.7 Å². The van der Waals surface area contributed by atoms with Crippen molar-refractivity contribution in [3.63, 3.8) is 0 Å². The molecule has 0 saturated heterocycles. The molecule has 1 aliphatic heterocycles. The summed E-state index contributed by atoms with van der Waals surface area (Å²) in [6.45, 7) is 6.57. The van der Waals surface area contributed by atoms with Crippen molar-refractivity contribution >= 4 is 11.7 Å². The number of hydrogen-bond acceptors (Lipinski definition) is 2. The summed E-state index contributed by atoms with van der Waals surface area (Å²) in [6, 6.07) is 11.9. The third-order valence-electron chi connectivity index (χ3n) is 4.13. The van der Waals surface area contributed by atoms with E-state index in [9.17, 15) is 4.79 Å². The standard InChI is InChI=1S/C19H22N2O2/c1-12-8-13(2)18(14(3)9-12)21-19(22)20-16-10-15-6-4-5-7-17(15)23-11-16/h4-9,16H,10-11H2,1-3H3,(H2,20,21,22). The normalized spacial score (nSPS) is 16.2. The molecule has 1 aliphatic rings. The lowest BCUT2D eigenvalue weighted by molar-refractivity contribution is 0.222. The lowest BCUT2D eigenvalue weighted by Crippen LogP contribution is -2.44. The average Bonchev–Trinajstić information content (AvgIpc) is 2.51. The fraction of sp³-hybridized carbons (Fsp3) is 0.316. The molecule has 0 fully saturated rings. The highest BCUT2D eigenvalue weighted by Crippen LogP contribution is 2.24. The minimum Gasteiger partial charge on any atom is -0.491 e. The number of para-hydroxylation sites is 1. The summed E-state index contributed by atoms with van der Waals surface area (Å²) in [7, 11) is 0. The maximum absolute atomic E-state index is 12.3. The number of carbonyl (C=O) groups is 1. The monoisotopic (exact) mass is 310 g/mol. The van der Waals surface area contributed by atoms with Gasteiger partial charge in [0.15, 0.2) is 0 Å². The maximum Gasteiger partial charge on any atom is 0.319 e. The van der Waals surface area contributed by atoms with Gasteiger partial charge in [-0.25, -0.2) is 4.79 Å². The van der Waals surface area contributed by atoms with E-state index in [0.717, 1.165) is 34.5 Å². The highest BCUT2D eigenvalue weighted by Gasteiger charge is 2.21. The summed E-state index contributed by atoms with van der Waals surface area (Å²) in [5, 5.41) is 5.97. The van der Waals surface area contributed by atoms with Crippen molar-refractivity contribution < 1.29 is 9.53 Å². The number of ether oxygens (including phenoxy) is 1. The molecule has 3 rings (SSSR count). The number of rotatable bonds is 2. The molecule has 4 heteroatoms. The summed E-state index contributed by atoms with van der Waals surface area (Å²) in [5.41, 5.74) is 5.35. The Bertz CT molecular complexity index is 717. The zero-order valence-electron chi connectivity index (χ0n) is 13.8. The molecule has 2 N–H and O–H groups in total. The smallest absolute Gasteiger partial charge is 0.319 e. The molecule has 0 spiro atoms.